The van der Waals surface area contributed by atoms with Gasteiger partial charge >= 0.3 is 0 Å². The van der Waals surface area contributed by atoms with Crippen LogP contribution in [0.3, 0.4) is 0 Å². The summed E-state index contributed by atoms with van der Waals surface area (Å²) in [6, 6.07) is 8.21. The molecule has 0 bridgehead atoms. The van der Waals surface area contributed by atoms with Gasteiger partial charge in [-0.05, 0) is 32.0 Å². The van der Waals surface area contributed by atoms with Gasteiger partial charge < -0.3 is 25.6 Å². The van der Waals surface area contributed by atoms with Crippen molar-refractivity contribution in [1.29, 1.82) is 0 Å². The van der Waals surface area contributed by atoms with E-state index in [1.54, 1.807) is 50.4 Å². The van der Waals surface area contributed by atoms with Gasteiger partial charge in [-0.3, -0.25) is 14.3 Å². The molecule has 0 radical (unpaired) electrons. The van der Waals surface area contributed by atoms with Crippen LogP contribution in [0.1, 0.15) is 30.0 Å². The van der Waals surface area contributed by atoms with Crippen LogP contribution in [0.25, 0.3) is 10.9 Å². The van der Waals surface area contributed by atoms with Crippen molar-refractivity contribution >= 4 is 28.4 Å². The Bertz CT molecular complexity index is 1100. The molecule has 0 unspecified atom stereocenters. The maximum atomic E-state index is 12.7. The predicted molar refractivity (Wildman–Crippen MR) is 114 cm³/mol. The highest BCUT2D eigenvalue weighted by Gasteiger charge is 2.20. The molecule has 3 rings (SSSR count). The smallest absolute Gasteiger partial charge is 0.274 e. The molecule has 4 N–H and O–H groups in total. The molecule has 2 aromatic heterocycles. The number of carbonyl (C=O) groups is 2. The van der Waals surface area contributed by atoms with Crippen LogP contribution in [-0.4, -0.2) is 57.1 Å². The highest BCUT2D eigenvalue weighted by molar-refractivity contribution is 6.05. The molecule has 0 fully saturated rings. The van der Waals surface area contributed by atoms with Crippen LogP contribution in [-0.2, 0) is 16.9 Å². The van der Waals surface area contributed by atoms with Crippen molar-refractivity contribution in [3.8, 4) is 5.75 Å². The van der Waals surface area contributed by atoms with E-state index in [1.165, 1.54) is 11.8 Å². The third-order valence-corrected chi connectivity index (χ3v) is 4.47. The normalized spacial score (nSPS) is 11.4. The highest BCUT2D eigenvalue weighted by atomic mass is 16.5. The summed E-state index contributed by atoms with van der Waals surface area (Å²) in [5.41, 5.74) is 0.360. The zero-order chi connectivity index (χ0) is 22.6. The number of fused-ring (bicyclic) bond motifs is 1. The van der Waals surface area contributed by atoms with Crippen LogP contribution in [0.15, 0.2) is 36.5 Å². The second-order valence-corrected chi connectivity index (χ2v) is 7.43. The fraction of sp³-hybridized carbons (Fsp3) is 0.333. The maximum absolute atomic E-state index is 12.7. The SMILES string of the molecule is COc1cc2nn(CC(=O)NCCO)cc2cc1NC(=O)c1cccc(C(C)(C)O)n1. The van der Waals surface area contributed by atoms with E-state index in [0.29, 0.717) is 28.0 Å². The standard InChI is InChI=1S/C21H25N5O5/c1-21(2,30)18-6-4-5-14(23-18)20(29)24-16-9-13-11-26(12-19(28)22-7-8-27)25-15(13)10-17(16)31-3/h4-6,9-11,27,30H,7-8,12H2,1-3H3,(H,22,28)(H,24,29). The first-order chi connectivity index (χ1) is 14.7. The quantitative estimate of drug-likeness (QED) is 0.421. The molecule has 0 aliphatic carbocycles. The summed E-state index contributed by atoms with van der Waals surface area (Å²) in [5.74, 6) is -0.339. The average molecular weight is 427 g/mol. The Hall–Kier alpha value is -3.50. The molecule has 0 saturated carbocycles. The third-order valence-electron chi connectivity index (χ3n) is 4.47. The Morgan fingerprint density at radius 1 is 1.26 bits per heavy atom. The summed E-state index contributed by atoms with van der Waals surface area (Å²) in [4.78, 5) is 28.8. The second-order valence-electron chi connectivity index (χ2n) is 7.43. The van der Waals surface area contributed by atoms with Crippen molar-refractivity contribution in [1.82, 2.24) is 20.1 Å². The van der Waals surface area contributed by atoms with Gasteiger partial charge in [0, 0.05) is 24.2 Å². The number of rotatable bonds is 8. The van der Waals surface area contributed by atoms with Crippen molar-refractivity contribution in [2.75, 3.05) is 25.6 Å². The van der Waals surface area contributed by atoms with Gasteiger partial charge in [-0.15, -0.1) is 0 Å². The summed E-state index contributed by atoms with van der Waals surface area (Å²) in [6.07, 6.45) is 1.68. The monoisotopic (exact) mass is 427 g/mol. The summed E-state index contributed by atoms with van der Waals surface area (Å²) in [6.45, 7) is 3.21. The molecule has 0 atom stereocenters. The fourth-order valence-corrected chi connectivity index (χ4v) is 2.94. The molecule has 10 heteroatoms. The van der Waals surface area contributed by atoms with Gasteiger partial charge in [0.1, 0.15) is 23.6 Å². The Kier molecular flexibility index (Phi) is 6.52. The van der Waals surface area contributed by atoms with Gasteiger partial charge in [-0.1, -0.05) is 6.07 Å². The third kappa shape index (κ3) is 5.36. The number of aromatic nitrogens is 3. The number of methoxy groups -OCH3 is 1. The molecule has 10 nitrogen and oxygen atoms in total. The van der Waals surface area contributed by atoms with Gasteiger partial charge in [-0.25, -0.2) is 4.98 Å². The van der Waals surface area contributed by atoms with Crippen molar-refractivity contribution in [3.05, 3.63) is 47.9 Å². The Balaban J connectivity index is 1.84. The number of aliphatic hydroxyl groups is 2. The van der Waals surface area contributed by atoms with Crippen LogP contribution in [0.4, 0.5) is 5.69 Å². The van der Waals surface area contributed by atoms with Crippen LogP contribution >= 0.6 is 0 Å². The number of carbonyl (C=O) groups excluding carboxylic acids is 2. The Labute approximate surface area is 178 Å². The number of pyridine rings is 1. The zero-order valence-corrected chi connectivity index (χ0v) is 17.5. The molecule has 0 spiro atoms. The van der Waals surface area contributed by atoms with Gasteiger partial charge in [0.15, 0.2) is 0 Å². The minimum Gasteiger partial charge on any atom is -0.494 e. The van der Waals surface area contributed by atoms with Crippen molar-refractivity contribution in [2.24, 2.45) is 0 Å². The number of nitrogens with zero attached hydrogens (tertiary/aromatic N) is 3. The van der Waals surface area contributed by atoms with E-state index in [1.807, 2.05) is 0 Å². The van der Waals surface area contributed by atoms with Crippen LogP contribution in [0.5, 0.6) is 5.75 Å². The molecule has 2 heterocycles. The van der Waals surface area contributed by atoms with Crippen molar-refractivity contribution < 1.29 is 24.5 Å². The predicted octanol–water partition coefficient (Wildman–Crippen LogP) is 1.03. The van der Waals surface area contributed by atoms with E-state index >= 15 is 0 Å². The molecule has 3 aromatic rings. The van der Waals surface area contributed by atoms with E-state index in [4.69, 9.17) is 9.84 Å². The maximum Gasteiger partial charge on any atom is 0.274 e. The van der Waals surface area contributed by atoms with Crippen LogP contribution in [0.2, 0.25) is 0 Å². The second kappa shape index (κ2) is 9.11. The minimum absolute atomic E-state index is 0.00759. The number of nitrogens with one attached hydrogen (secondary N) is 2. The first-order valence-electron chi connectivity index (χ1n) is 9.65. The van der Waals surface area contributed by atoms with Crippen LogP contribution < -0.4 is 15.4 Å². The fourth-order valence-electron chi connectivity index (χ4n) is 2.94. The van der Waals surface area contributed by atoms with E-state index in [9.17, 15) is 14.7 Å². The average Bonchev–Trinajstić information content (AvgIpc) is 3.11. The first-order valence-corrected chi connectivity index (χ1v) is 9.65. The molecule has 0 aliphatic heterocycles. The lowest BCUT2D eigenvalue weighted by Crippen LogP contribution is -2.30. The van der Waals surface area contributed by atoms with Crippen LogP contribution in [0, 0.1) is 0 Å². The van der Waals surface area contributed by atoms with Gasteiger partial charge in [0.05, 0.1) is 30.6 Å². The molecule has 1 aromatic carbocycles. The number of aliphatic hydroxyl groups excluding tert-OH is 1. The summed E-state index contributed by atoms with van der Waals surface area (Å²) >= 11 is 0. The van der Waals surface area contributed by atoms with Gasteiger partial charge in [0.25, 0.3) is 5.91 Å². The lowest BCUT2D eigenvalue weighted by molar-refractivity contribution is -0.122. The first kappa shape index (κ1) is 22.2. The molecule has 0 aliphatic rings. The minimum atomic E-state index is -1.18. The summed E-state index contributed by atoms with van der Waals surface area (Å²) in [7, 11) is 1.48. The number of ether oxygens (including phenoxy) is 1. The number of anilines is 1. The Morgan fingerprint density at radius 3 is 2.71 bits per heavy atom. The molecule has 2 amide bonds. The molecular formula is C21H25N5O5. The largest absolute Gasteiger partial charge is 0.494 e. The number of benzene rings is 1. The van der Waals surface area contributed by atoms with Crippen molar-refractivity contribution in [3.63, 3.8) is 0 Å². The molecule has 164 valence electrons. The summed E-state index contributed by atoms with van der Waals surface area (Å²) in [5, 5.41) is 29.3. The number of hydrogen-bond donors (Lipinski definition) is 4. The van der Waals surface area contributed by atoms with Gasteiger partial charge in [-0.2, -0.15) is 5.10 Å². The van der Waals surface area contributed by atoms with E-state index in [-0.39, 0.29) is 31.3 Å². The molecule has 0 saturated heterocycles. The molecular weight excluding hydrogens is 402 g/mol. The zero-order valence-electron chi connectivity index (χ0n) is 17.5. The van der Waals surface area contributed by atoms with E-state index in [2.05, 4.69) is 20.7 Å². The molecule has 31 heavy (non-hydrogen) atoms. The van der Waals surface area contributed by atoms with Crippen molar-refractivity contribution in [2.45, 2.75) is 26.0 Å². The number of hydrogen-bond acceptors (Lipinski definition) is 7. The topological polar surface area (TPSA) is 139 Å². The van der Waals surface area contributed by atoms with E-state index < -0.39 is 11.5 Å². The highest BCUT2D eigenvalue weighted by Crippen LogP contribution is 2.30. The number of amides is 2. The lowest BCUT2D eigenvalue weighted by atomic mass is 10.0. The van der Waals surface area contributed by atoms with Gasteiger partial charge in [0.2, 0.25) is 5.91 Å². The Morgan fingerprint density at radius 2 is 2.03 bits per heavy atom. The lowest BCUT2D eigenvalue weighted by Gasteiger charge is -2.17. The van der Waals surface area contributed by atoms with E-state index in [0.717, 1.165) is 0 Å². The summed E-state index contributed by atoms with van der Waals surface area (Å²) < 4.78 is 6.85.